The van der Waals surface area contributed by atoms with E-state index in [1.54, 1.807) is 7.11 Å². The smallest absolute Gasteiger partial charge is 0.0587 e. The molecule has 0 amide bonds. The Morgan fingerprint density at radius 1 is 1.06 bits per heavy atom. The maximum Gasteiger partial charge on any atom is 0.0587 e. The summed E-state index contributed by atoms with van der Waals surface area (Å²) in [6, 6.07) is 0. The number of hydrogen-bond acceptors (Lipinski definition) is 3. The molecule has 0 aromatic carbocycles. The molecule has 0 spiro atoms. The van der Waals surface area contributed by atoms with E-state index in [0.29, 0.717) is 6.10 Å². The zero-order valence-corrected chi connectivity index (χ0v) is 10.8. The van der Waals surface area contributed by atoms with Crippen LogP contribution in [0.25, 0.3) is 0 Å². The van der Waals surface area contributed by atoms with Crippen molar-refractivity contribution < 1.29 is 9.47 Å². The molecule has 0 radical (unpaired) electrons. The Labute approximate surface area is 99.9 Å². The molecule has 0 saturated heterocycles. The molecule has 1 saturated carbocycles. The van der Waals surface area contributed by atoms with Crippen LogP contribution in [0.15, 0.2) is 0 Å². The molecule has 1 fully saturated rings. The van der Waals surface area contributed by atoms with Gasteiger partial charge in [-0.3, -0.25) is 0 Å². The molecule has 0 aliphatic heterocycles. The van der Waals surface area contributed by atoms with Crippen LogP contribution in [-0.2, 0) is 9.47 Å². The molecule has 1 N–H and O–H groups in total. The monoisotopic (exact) mass is 229 g/mol. The maximum absolute atomic E-state index is 5.87. The lowest BCUT2D eigenvalue weighted by molar-refractivity contribution is 0.0187. The van der Waals surface area contributed by atoms with Crippen molar-refractivity contribution in [2.24, 2.45) is 5.92 Å². The van der Waals surface area contributed by atoms with E-state index < -0.39 is 0 Å². The molecular formula is C13H27NO2. The molecule has 0 unspecified atom stereocenters. The quantitative estimate of drug-likeness (QED) is 0.647. The van der Waals surface area contributed by atoms with Crippen LogP contribution in [-0.4, -0.2) is 39.5 Å². The molecule has 0 atom stereocenters. The molecule has 0 aromatic rings. The van der Waals surface area contributed by atoms with E-state index >= 15 is 0 Å². The van der Waals surface area contributed by atoms with Crippen molar-refractivity contribution >= 4 is 0 Å². The van der Waals surface area contributed by atoms with Crippen LogP contribution in [0.4, 0.5) is 0 Å². The minimum absolute atomic E-state index is 0.537. The van der Waals surface area contributed by atoms with Crippen molar-refractivity contribution in [3.63, 3.8) is 0 Å². The second-order valence-corrected chi connectivity index (χ2v) is 4.85. The van der Waals surface area contributed by atoms with E-state index in [-0.39, 0.29) is 0 Å². The third-order valence-electron chi connectivity index (χ3n) is 3.30. The van der Waals surface area contributed by atoms with Crippen molar-refractivity contribution in [2.45, 2.75) is 45.1 Å². The minimum Gasteiger partial charge on any atom is -0.383 e. The summed E-state index contributed by atoms with van der Waals surface area (Å²) in [6.45, 7) is 6.01. The second-order valence-electron chi connectivity index (χ2n) is 4.85. The molecular weight excluding hydrogens is 202 g/mol. The number of nitrogens with one attached hydrogen (secondary N) is 1. The van der Waals surface area contributed by atoms with E-state index in [1.165, 1.54) is 25.7 Å². The van der Waals surface area contributed by atoms with Crippen LogP contribution in [0.3, 0.4) is 0 Å². The number of methoxy groups -OCH3 is 1. The van der Waals surface area contributed by atoms with Gasteiger partial charge in [-0.1, -0.05) is 6.92 Å². The Morgan fingerprint density at radius 3 is 2.50 bits per heavy atom. The van der Waals surface area contributed by atoms with Gasteiger partial charge in [0.05, 0.1) is 12.7 Å². The van der Waals surface area contributed by atoms with Gasteiger partial charge in [0.15, 0.2) is 0 Å². The summed E-state index contributed by atoms with van der Waals surface area (Å²) >= 11 is 0. The zero-order chi connectivity index (χ0) is 11.6. The number of rotatable bonds is 8. The summed E-state index contributed by atoms with van der Waals surface area (Å²) in [5.41, 5.74) is 0. The lowest BCUT2D eigenvalue weighted by Gasteiger charge is -2.26. The molecule has 1 aliphatic carbocycles. The van der Waals surface area contributed by atoms with Gasteiger partial charge in [0.25, 0.3) is 0 Å². The third-order valence-corrected chi connectivity index (χ3v) is 3.30. The topological polar surface area (TPSA) is 30.5 Å². The molecule has 16 heavy (non-hydrogen) atoms. The summed E-state index contributed by atoms with van der Waals surface area (Å²) in [4.78, 5) is 0. The molecule has 0 heterocycles. The van der Waals surface area contributed by atoms with Crippen LogP contribution < -0.4 is 5.32 Å². The van der Waals surface area contributed by atoms with Crippen molar-refractivity contribution in [1.29, 1.82) is 0 Å². The van der Waals surface area contributed by atoms with Crippen LogP contribution in [0, 0.1) is 5.92 Å². The van der Waals surface area contributed by atoms with E-state index in [4.69, 9.17) is 9.47 Å². The van der Waals surface area contributed by atoms with Crippen molar-refractivity contribution in [3.05, 3.63) is 0 Å². The SMILES string of the molecule is COCCNCCCOC1CCC(C)CC1. The summed E-state index contributed by atoms with van der Waals surface area (Å²) < 4.78 is 10.8. The lowest BCUT2D eigenvalue weighted by Crippen LogP contribution is -2.24. The average molecular weight is 229 g/mol. The molecule has 0 bridgehead atoms. The van der Waals surface area contributed by atoms with Gasteiger partial charge in [0.2, 0.25) is 0 Å². The molecule has 1 rings (SSSR count). The predicted molar refractivity (Wildman–Crippen MR) is 66.7 cm³/mol. The van der Waals surface area contributed by atoms with Gasteiger partial charge in [0, 0.05) is 20.3 Å². The first-order valence-electron chi connectivity index (χ1n) is 6.64. The Hall–Kier alpha value is -0.120. The van der Waals surface area contributed by atoms with E-state index in [9.17, 15) is 0 Å². The van der Waals surface area contributed by atoms with Gasteiger partial charge >= 0.3 is 0 Å². The summed E-state index contributed by atoms with van der Waals surface area (Å²) in [5.74, 6) is 0.913. The first-order valence-corrected chi connectivity index (χ1v) is 6.64. The number of hydrogen-bond donors (Lipinski definition) is 1. The first-order chi connectivity index (χ1) is 7.83. The van der Waals surface area contributed by atoms with Crippen LogP contribution >= 0.6 is 0 Å². The fourth-order valence-electron chi connectivity index (χ4n) is 2.14. The van der Waals surface area contributed by atoms with Gasteiger partial charge in [-0.05, 0) is 44.6 Å². The van der Waals surface area contributed by atoms with Crippen molar-refractivity contribution in [1.82, 2.24) is 5.32 Å². The van der Waals surface area contributed by atoms with E-state index in [2.05, 4.69) is 12.2 Å². The zero-order valence-electron chi connectivity index (χ0n) is 10.8. The van der Waals surface area contributed by atoms with Gasteiger partial charge < -0.3 is 14.8 Å². The summed E-state index contributed by atoms with van der Waals surface area (Å²) in [7, 11) is 1.73. The number of ether oxygens (including phenoxy) is 2. The fraction of sp³-hybridized carbons (Fsp3) is 1.00. The predicted octanol–water partition coefficient (Wildman–Crippen LogP) is 2.21. The molecule has 3 nitrogen and oxygen atoms in total. The normalized spacial score (nSPS) is 25.9. The Kier molecular flexibility index (Phi) is 7.81. The van der Waals surface area contributed by atoms with E-state index in [0.717, 1.165) is 38.6 Å². The fourth-order valence-corrected chi connectivity index (χ4v) is 2.14. The highest BCUT2D eigenvalue weighted by Gasteiger charge is 2.17. The second kappa shape index (κ2) is 8.97. The van der Waals surface area contributed by atoms with Crippen LogP contribution in [0.1, 0.15) is 39.0 Å². The van der Waals surface area contributed by atoms with Gasteiger partial charge in [-0.2, -0.15) is 0 Å². The molecule has 96 valence electrons. The van der Waals surface area contributed by atoms with E-state index in [1.807, 2.05) is 0 Å². The maximum atomic E-state index is 5.87. The van der Waals surface area contributed by atoms with Crippen LogP contribution in [0.5, 0.6) is 0 Å². The Balaban J connectivity index is 1.84. The standard InChI is InChI=1S/C13H27NO2/c1-12-4-6-13(7-5-12)16-10-3-8-14-9-11-15-2/h12-14H,3-11H2,1-2H3. The highest BCUT2D eigenvalue weighted by Crippen LogP contribution is 2.25. The van der Waals surface area contributed by atoms with Crippen molar-refractivity contribution in [3.8, 4) is 0 Å². The average Bonchev–Trinajstić information content (AvgIpc) is 2.30. The minimum atomic E-state index is 0.537. The van der Waals surface area contributed by atoms with Crippen LogP contribution in [0.2, 0.25) is 0 Å². The highest BCUT2D eigenvalue weighted by molar-refractivity contribution is 4.69. The molecule has 0 aromatic heterocycles. The summed E-state index contributed by atoms with van der Waals surface area (Å²) in [6.07, 6.45) is 6.86. The highest BCUT2D eigenvalue weighted by atomic mass is 16.5. The van der Waals surface area contributed by atoms with Gasteiger partial charge in [-0.15, -0.1) is 0 Å². The molecule has 1 aliphatic rings. The van der Waals surface area contributed by atoms with Gasteiger partial charge in [0.1, 0.15) is 0 Å². The lowest BCUT2D eigenvalue weighted by atomic mass is 9.89. The third kappa shape index (κ3) is 6.46. The van der Waals surface area contributed by atoms with Gasteiger partial charge in [-0.25, -0.2) is 0 Å². The summed E-state index contributed by atoms with van der Waals surface area (Å²) in [5, 5.41) is 3.33. The Bertz CT molecular complexity index is 156. The molecule has 3 heteroatoms. The van der Waals surface area contributed by atoms with Crippen molar-refractivity contribution in [2.75, 3.05) is 33.4 Å². The first kappa shape index (κ1) is 13.9. The Morgan fingerprint density at radius 2 is 1.81 bits per heavy atom. The largest absolute Gasteiger partial charge is 0.383 e.